The Morgan fingerprint density at radius 1 is 1.25 bits per heavy atom. The summed E-state index contributed by atoms with van der Waals surface area (Å²) in [5.74, 6) is 1.09. The van der Waals surface area contributed by atoms with Gasteiger partial charge in [0.25, 0.3) is 5.91 Å². The highest BCUT2D eigenvalue weighted by Gasteiger charge is 2.17. The van der Waals surface area contributed by atoms with Gasteiger partial charge in [0.15, 0.2) is 0 Å². The molecule has 9 heteroatoms. The fourth-order valence-corrected chi connectivity index (χ4v) is 4.51. The van der Waals surface area contributed by atoms with Crippen LogP contribution < -0.4 is 16.8 Å². The molecule has 2 heterocycles. The Balaban J connectivity index is 1.96. The maximum Gasteiger partial charge on any atom is 0.270 e. The summed E-state index contributed by atoms with van der Waals surface area (Å²) in [6.07, 6.45) is 5.40. The van der Waals surface area contributed by atoms with Crippen LogP contribution in [0.5, 0.6) is 0 Å². The lowest BCUT2D eigenvalue weighted by Gasteiger charge is -2.06. The van der Waals surface area contributed by atoms with Crippen molar-refractivity contribution in [3.63, 3.8) is 0 Å². The van der Waals surface area contributed by atoms with E-state index in [9.17, 15) is 4.79 Å². The SMILES string of the molecule is C[S+](C)CCCNC(=O)c1csc(-c2csc(C(CN)CN)n2)n1. The van der Waals surface area contributed by atoms with E-state index in [0.717, 1.165) is 27.9 Å². The maximum absolute atomic E-state index is 12.1. The summed E-state index contributed by atoms with van der Waals surface area (Å²) in [6.45, 7) is 1.64. The van der Waals surface area contributed by atoms with E-state index >= 15 is 0 Å². The van der Waals surface area contributed by atoms with Gasteiger partial charge in [0.1, 0.15) is 22.1 Å². The molecule has 5 N–H and O–H groups in total. The maximum atomic E-state index is 12.1. The van der Waals surface area contributed by atoms with Crippen molar-refractivity contribution < 1.29 is 4.79 Å². The zero-order valence-corrected chi connectivity index (χ0v) is 16.4. The summed E-state index contributed by atoms with van der Waals surface area (Å²) in [4.78, 5) is 21.1. The first-order chi connectivity index (χ1) is 11.5. The first kappa shape index (κ1) is 19.3. The van der Waals surface area contributed by atoms with Crippen molar-refractivity contribution in [2.24, 2.45) is 11.5 Å². The van der Waals surface area contributed by atoms with E-state index in [-0.39, 0.29) is 11.8 Å². The van der Waals surface area contributed by atoms with Crippen molar-refractivity contribution in [3.8, 4) is 10.7 Å². The minimum atomic E-state index is -0.123. The Labute approximate surface area is 153 Å². The lowest BCUT2D eigenvalue weighted by Crippen LogP contribution is -2.26. The first-order valence-electron chi connectivity index (χ1n) is 7.69. The van der Waals surface area contributed by atoms with Crippen LogP contribution in [0.4, 0.5) is 0 Å². The summed E-state index contributed by atoms with van der Waals surface area (Å²) in [6, 6.07) is 0. The number of nitrogens with two attached hydrogens (primary N) is 2. The number of nitrogens with one attached hydrogen (secondary N) is 1. The van der Waals surface area contributed by atoms with E-state index in [1.54, 1.807) is 5.38 Å². The molecule has 132 valence electrons. The van der Waals surface area contributed by atoms with Gasteiger partial charge < -0.3 is 16.8 Å². The fraction of sp³-hybridized carbons (Fsp3) is 0.533. The normalized spacial score (nSPS) is 11.4. The van der Waals surface area contributed by atoms with Gasteiger partial charge in [0.2, 0.25) is 0 Å². The second-order valence-corrected chi connectivity index (χ2v) is 9.70. The van der Waals surface area contributed by atoms with Crippen LogP contribution in [0.2, 0.25) is 0 Å². The zero-order chi connectivity index (χ0) is 17.5. The van der Waals surface area contributed by atoms with E-state index in [1.165, 1.54) is 22.7 Å². The van der Waals surface area contributed by atoms with E-state index in [1.807, 2.05) is 5.38 Å². The number of thiazole rings is 2. The van der Waals surface area contributed by atoms with E-state index in [4.69, 9.17) is 11.5 Å². The van der Waals surface area contributed by atoms with Crippen LogP contribution in [0, 0.1) is 0 Å². The Morgan fingerprint density at radius 3 is 2.67 bits per heavy atom. The Morgan fingerprint density at radius 2 is 2.00 bits per heavy atom. The Hall–Kier alpha value is -1.00. The number of nitrogens with zero attached hydrogens (tertiary/aromatic N) is 2. The summed E-state index contributed by atoms with van der Waals surface area (Å²) >= 11 is 2.96. The number of amides is 1. The van der Waals surface area contributed by atoms with Crippen molar-refractivity contribution in [2.45, 2.75) is 12.3 Å². The van der Waals surface area contributed by atoms with Crippen LogP contribution in [0.25, 0.3) is 10.7 Å². The van der Waals surface area contributed by atoms with E-state index < -0.39 is 0 Å². The molecule has 2 aromatic rings. The molecule has 24 heavy (non-hydrogen) atoms. The van der Waals surface area contributed by atoms with E-state index in [2.05, 4.69) is 27.8 Å². The molecule has 6 nitrogen and oxygen atoms in total. The molecule has 0 spiro atoms. The van der Waals surface area contributed by atoms with Crippen molar-refractivity contribution in [1.82, 2.24) is 15.3 Å². The molecule has 0 saturated heterocycles. The monoisotopic (exact) mass is 386 g/mol. The van der Waals surface area contributed by atoms with Crippen LogP contribution in [-0.4, -0.2) is 53.8 Å². The van der Waals surface area contributed by atoms with Crippen molar-refractivity contribution in [1.29, 1.82) is 0 Å². The summed E-state index contributed by atoms with van der Waals surface area (Å²) in [7, 11) is 0.411. The van der Waals surface area contributed by atoms with Crippen molar-refractivity contribution in [2.75, 3.05) is 37.9 Å². The second kappa shape index (κ2) is 9.47. The summed E-state index contributed by atoms with van der Waals surface area (Å²) in [5.41, 5.74) is 12.6. The van der Waals surface area contributed by atoms with Crippen molar-refractivity contribution >= 4 is 39.5 Å². The minimum Gasteiger partial charge on any atom is -0.350 e. The molecule has 2 rings (SSSR count). The third-order valence-corrected chi connectivity index (χ3v) is 6.39. The van der Waals surface area contributed by atoms with Gasteiger partial charge in [0, 0.05) is 42.7 Å². The molecule has 0 aliphatic carbocycles. The van der Waals surface area contributed by atoms with Gasteiger partial charge in [-0.25, -0.2) is 9.97 Å². The van der Waals surface area contributed by atoms with Crippen LogP contribution in [0.3, 0.4) is 0 Å². The molecule has 0 fully saturated rings. The molecule has 0 aromatic carbocycles. The van der Waals surface area contributed by atoms with Crippen LogP contribution >= 0.6 is 22.7 Å². The van der Waals surface area contributed by atoms with E-state index in [0.29, 0.717) is 36.2 Å². The highest BCUT2D eigenvalue weighted by atomic mass is 32.2. The predicted octanol–water partition coefficient (Wildman–Crippen LogP) is 1.27. The molecule has 0 radical (unpaired) electrons. The standard InChI is InChI=1S/C15H23N5OS3/c1-24(2)5-3-4-18-13(21)11-8-23-15(19-11)12-9-22-14(20-12)10(6-16)7-17/h8-10H,3-7,16-17H2,1-2H3/p+1. The molecule has 0 saturated carbocycles. The lowest BCUT2D eigenvalue weighted by molar-refractivity contribution is 0.0949. The van der Waals surface area contributed by atoms with Crippen molar-refractivity contribution in [3.05, 3.63) is 21.5 Å². The average molecular weight is 387 g/mol. The molecule has 0 bridgehead atoms. The van der Waals surface area contributed by atoms with Crippen LogP contribution in [-0.2, 0) is 10.9 Å². The molecule has 0 atom stereocenters. The molecular weight excluding hydrogens is 362 g/mol. The number of rotatable bonds is 9. The summed E-state index contributed by atoms with van der Waals surface area (Å²) < 4.78 is 0. The number of carbonyl (C=O) groups is 1. The summed E-state index contributed by atoms with van der Waals surface area (Å²) in [5, 5.41) is 8.31. The van der Waals surface area contributed by atoms with Gasteiger partial charge in [-0.1, -0.05) is 0 Å². The molecular formula is C15H24N5OS3+. The highest BCUT2D eigenvalue weighted by molar-refractivity contribution is 7.95. The number of hydrogen-bond acceptors (Lipinski definition) is 7. The van der Waals surface area contributed by atoms with Gasteiger partial charge in [-0.05, 0) is 10.9 Å². The molecule has 0 aliphatic rings. The Bertz CT molecular complexity index is 651. The third-order valence-electron chi connectivity index (χ3n) is 3.41. The third kappa shape index (κ3) is 5.25. The van der Waals surface area contributed by atoms with Gasteiger partial charge in [-0.2, -0.15) is 0 Å². The average Bonchev–Trinajstić information content (AvgIpc) is 3.21. The Kier molecular flexibility index (Phi) is 7.63. The largest absolute Gasteiger partial charge is 0.350 e. The van der Waals surface area contributed by atoms with Gasteiger partial charge in [0.05, 0.1) is 17.5 Å². The second-order valence-electron chi connectivity index (χ2n) is 5.58. The van der Waals surface area contributed by atoms with Crippen LogP contribution in [0.15, 0.2) is 10.8 Å². The van der Waals surface area contributed by atoms with Gasteiger partial charge in [-0.15, -0.1) is 22.7 Å². The molecule has 0 unspecified atom stereocenters. The topological polar surface area (TPSA) is 107 Å². The minimum absolute atomic E-state index is 0.0770. The molecule has 2 aromatic heterocycles. The number of carbonyl (C=O) groups excluding carboxylic acids is 1. The van der Waals surface area contributed by atoms with Crippen LogP contribution in [0.1, 0.15) is 27.8 Å². The number of hydrogen-bond donors (Lipinski definition) is 3. The smallest absolute Gasteiger partial charge is 0.270 e. The zero-order valence-electron chi connectivity index (χ0n) is 13.9. The quantitative estimate of drug-likeness (QED) is 0.444. The number of aromatic nitrogens is 2. The van der Waals surface area contributed by atoms with Gasteiger partial charge >= 0.3 is 0 Å². The molecule has 1 amide bonds. The predicted molar refractivity (Wildman–Crippen MR) is 105 cm³/mol. The highest BCUT2D eigenvalue weighted by Crippen LogP contribution is 2.28. The first-order valence-corrected chi connectivity index (χ1v) is 11.7. The fourth-order valence-electron chi connectivity index (χ4n) is 2.02. The lowest BCUT2D eigenvalue weighted by atomic mass is 10.1. The van der Waals surface area contributed by atoms with Gasteiger partial charge in [-0.3, -0.25) is 4.79 Å². The molecule has 0 aliphatic heterocycles.